The van der Waals surface area contributed by atoms with Gasteiger partial charge in [0.1, 0.15) is 11.2 Å². The first-order chi connectivity index (χ1) is 29.7. The number of ether oxygens (including phenoxy) is 3. The summed E-state index contributed by atoms with van der Waals surface area (Å²) in [6, 6.07) is 7.40. The van der Waals surface area contributed by atoms with E-state index in [1.54, 1.807) is 34.9 Å². The zero-order valence-electron chi connectivity index (χ0n) is 38.0. The molecule has 3 aromatic rings. The van der Waals surface area contributed by atoms with Crippen molar-refractivity contribution < 1.29 is 37.4 Å². The summed E-state index contributed by atoms with van der Waals surface area (Å²) in [5.41, 5.74) is 3.76. The smallest absolute Gasteiger partial charge is 0.414 e. The predicted octanol–water partition coefficient (Wildman–Crippen LogP) is 6.39. The Morgan fingerprint density at radius 1 is 0.937 bits per heavy atom. The van der Waals surface area contributed by atoms with Crippen molar-refractivity contribution >= 4 is 40.9 Å². The summed E-state index contributed by atoms with van der Waals surface area (Å²) < 4.78 is 49.2. The number of aromatic nitrogens is 3. The monoisotopic (exact) mass is 875 g/mol. The molecule has 6 fully saturated rings. The topological polar surface area (TPSA) is 137 Å². The molecule has 15 nitrogen and oxygen atoms in total. The van der Waals surface area contributed by atoms with E-state index in [9.17, 15) is 14.4 Å². The van der Waals surface area contributed by atoms with Gasteiger partial charge in [-0.3, -0.25) is 14.6 Å². The van der Waals surface area contributed by atoms with Gasteiger partial charge in [-0.25, -0.2) is 27.9 Å². The molecule has 0 radical (unpaired) electrons. The molecule has 63 heavy (non-hydrogen) atoms. The van der Waals surface area contributed by atoms with Crippen molar-refractivity contribution in [2.45, 2.75) is 127 Å². The number of fused-ring (bicyclic) bond motifs is 2. The number of carbonyl (C=O) groups excluding carboxylic acids is 3. The standard InChI is InChI=1S/C46H63F2N9O6/c1-42(2,3)62-40(59)52(7)33-22-37(51-57-34(23-49-38(33)57)39(58)50-31-12-13-35(31)61-8)56-17-14-29-30(10-9-11-32(29)56)45-24-44(25-45,26-45)27-53-18-20-54(21-19-53)36-15-16-55(28-46(36,47)48)41(60)63-43(4,5)6/h9-11,22-23,31,35-36H,12-21,24-28H2,1-8H3,(H,50,58)/t31-,35-,36?,44?,45?/m1/s1. The van der Waals surface area contributed by atoms with Gasteiger partial charge in [0.2, 0.25) is 0 Å². The molecule has 10 rings (SSSR count). The van der Waals surface area contributed by atoms with Gasteiger partial charge in [-0.1, -0.05) is 12.1 Å². The first-order valence-electron chi connectivity index (χ1n) is 22.6. The van der Waals surface area contributed by atoms with Gasteiger partial charge in [0.05, 0.1) is 36.6 Å². The number of alkyl halides is 2. The van der Waals surface area contributed by atoms with Gasteiger partial charge in [0.25, 0.3) is 11.8 Å². The van der Waals surface area contributed by atoms with Crippen molar-refractivity contribution in [1.82, 2.24) is 34.6 Å². The first kappa shape index (κ1) is 43.6. The number of amides is 3. The van der Waals surface area contributed by atoms with Crippen LogP contribution in [0, 0.1) is 5.41 Å². The summed E-state index contributed by atoms with van der Waals surface area (Å²) in [5.74, 6) is -2.73. The third-order valence-corrected chi connectivity index (χ3v) is 14.2. The van der Waals surface area contributed by atoms with E-state index in [0.29, 0.717) is 36.8 Å². The lowest BCUT2D eigenvalue weighted by atomic mass is 9.33. The molecule has 2 aromatic heterocycles. The molecule has 0 spiro atoms. The molecule has 17 heteroatoms. The predicted molar refractivity (Wildman–Crippen MR) is 233 cm³/mol. The number of piperazine rings is 1. The SMILES string of the molecule is CO[C@@H]1CC[C@H]1NC(=O)c1cnc2c(N(C)C(=O)OC(C)(C)C)cc(N3CCc4c3cccc4C34CC(CN5CCN(C6CCN(C(=O)OC(C)(C)C)CC6(F)F)CC5)(C3)C4)nn12. The number of rotatable bonds is 9. The highest BCUT2D eigenvalue weighted by atomic mass is 19.3. The number of hydrogen-bond acceptors (Lipinski definition) is 11. The summed E-state index contributed by atoms with van der Waals surface area (Å²) in [5, 5.41) is 8.11. The molecule has 2 saturated heterocycles. The largest absolute Gasteiger partial charge is 0.444 e. The first-order valence-corrected chi connectivity index (χ1v) is 22.6. The molecular formula is C46H63F2N9O6. The van der Waals surface area contributed by atoms with E-state index >= 15 is 8.78 Å². The van der Waals surface area contributed by atoms with Gasteiger partial charge in [-0.05, 0) is 115 Å². The van der Waals surface area contributed by atoms with Crippen molar-refractivity contribution in [3.05, 3.63) is 47.3 Å². The number of nitrogens with zero attached hydrogens (tertiary/aromatic N) is 8. The van der Waals surface area contributed by atoms with Gasteiger partial charge in [0.15, 0.2) is 17.2 Å². The maximum absolute atomic E-state index is 15.5. The van der Waals surface area contributed by atoms with Crippen molar-refractivity contribution in [2.24, 2.45) is 5.41 Å². The Bertz CT molecular complexity index is 2260. The number of anilines is 3. The normalized spacial score (nSPS) is 28.1. The van der Waals surface area contributed by atoms with Crippen molar-refractivity contribution in [1.29, 1.82) is 0 Å². The molecule has 1 aromatic carbocycles. The minimum Gasteiger partial charge on any atom is -0.444 e. The second-order valence-corrected chi connectivity index (χ2v) is 21.0. The van der Waals surface area contributed by atoms with Crippen LogP contribution in [0.1, 0.15) is 102 Å². The lowest BCUT2D eigenvalue weighted by Gasteiger charge is -2.72. The van der Waals surface area contributed by atoms with E-state index in [1.807, 2.05) is 31.7 Å². The fourth-order valence-electron chi connectivity index (χ4n) is 11.2. The Morgan fingerprint density at radius 3 is 2.29 bits per heavy atom. The molecule has 4 aliphatic carbocycles. The van der Waals surface area contributed by atoms with E-state index in [0.717, 1.165) is 68.7 Å². The second kappa shape index (κ2) is 15.5. The fourth-order valence-corrected chi connectivity index (χ4v) is 11.2. The third kappa shape index (κ3) is 8.11. The number of nitrogens with one attached hydrogen (secondary N) is 1. The van der Waals surface area contributed by atoms with Crippen LogP contribution in [0.3, 0.4) is 0 Å². The second-order valence-electron chi connectivity index (χ2n) is 21.0. The maximum atomic E-state index is 15.5. The molecule has 3 aliphatic heterocycles. The van der Waals surface area contributed by atoms with Gasteiger partial charge >= 0.3 is 12.2 Å². The Kier molecular flexibility index (Phi) is 10.8. The van der Waals surface area contributed by atoms with E-state index in [2.05, 4.69) is 38.3 Å². The number of methoxy groups -OCH3 is 1. The van der Waals surface area contributed by atoms with Crippen LogP contribution in [0.2, 0.25) is 0 Å². The molecule has 3 amide bonds. The van der Waals surface area contributed by atoms with Crippen LogP contribution in [0.25, 0.3) is 5.65 Å². The lowest BCUT2D eigenvalue weighted by Crippen LogP contribution is -2.69. The maximum Gasteiger partial charge on any atom is 0.414 e. The number of carbonyl (C=O) groups is 3. The van der Waals surface area contributed by atoms with E-state index < -0.39 is 41.9 Å². The number of hydrogen-bond donors (Lipinski definition) is 1. The molecular weight excluding hydrogens is 813 g/mol. The molecule has 7 aliphatic rings. The van der Waals surface area contributed by atoms with Gasteiger partial charge in [-0.15, -0.1) is 5.10 Å². The van der Waals surface area contributed by atoms with Crippen LogP contribution in [-0.2, 0) is 26.0 Å². The summed E-state index contributed by atoms with van der Waals surface area (Å²) in [6.07, 6.45) is 6.30. The Balaban J connectivity index is 0.876. The molecule has 2 bridgehead atoms. The number of imidazole rings is 1. The van der Waals surface area contributed by atoms with Gasteiger partial charge in [-0.2, -0.15) is 0 Å². The van der Waals surface area contributed by atoms with Crippen LogP contribution in [0.15, 0.2) is 30.5 Å². The van der Waals surface area contributed by atoms with Crippen LogP contribution >= 0.6 is 0 Å². The van der Waals surface area contributed by atoms with Gasteiger partial charge < -0.3 is 34.2 Å². The number of likely N-dealkylation sites (tertiary alicyclic amines) is 1. The van der Waals surface area contributed by atoms with Crippen LogP contribution in [0.4, 0.5) is 35.6 Å². The molecule has 1 unspecified atom stereocenters. The van der Waals surface area contributed by atoms with Crippen LogP contribution in [-0.4, -0.2) is 149 Å². The van der Waals surface area contributed by atoms with Crippen molar-refractivity contribution in [3.63, 3.8) is 0 Å². The summed E-state index contributed by atoms with van der Waals surface area (Å²) >= 11 is 0. The quantitative estimate of drug-likeness (QED) is 0.256. The third-order valence-electron chi connectivity index (χ3n) is 14.2. The highest BCUT2D eigenvalue weighted by molar-refractivity contribution is 5.97. The lowest BCUT2D eigenvalue weighted by molar-refractivity contribution is -0.165. The Morgan fingerprint density at radius 2 is 1.65 bits per heavy atom. The summed E-state index contributed by atoms with van der Waals surface area (Å²) in [6.45, 7) is 14.7. The molecule has 1 N–H and O–H groups in total. The summed E-state index contributed by atoms with van der Waals surface area (Å²) in [7, 11) is 3.29. The average Bonchev–Trinajstić information content (AvgIpc) is 3.81. The average molecular weight is 876 g/mol. The van der Waals surface area contributed by atoms with E-state index in [-0.39, 0.29) is 47.5 Å². The zero-order valence-corrected chi connectivity index (χ0v) is 38.0. The van der Waals surface area contributed by atoms with Crippen LogP contribution < -0.4 is 15.1 Å². The summed E-state index contributed by atoms with van der Waals surface area (Å²) in [4.78, 5) is 53.4. The fraction of sp³-hybridized carbons (Fsp3) is 0.674. The van der Waals surface area contributed by atoms with Gasteiger partial charge in [0, 0.05) is 71.7 Å². The van der Waals surface area contributed by atoms with Crippen molar-refractivity contribution in [3.8, 4) is 0 Å². The number of piperidine rings is 1. The number of benzene rings is 1. The molecule has 342 valence electrons. The molecule has 3 atom stereocenters. The minimum atomic E-state index is -3.01. The minimum absolute atomic E-state index is 0.0415. The highest BCUT2D eigenvalue weighted by Gasteiger charge is 2.69. The Hall–Kier alpha value is -4.61. The zero-order chi connectivity index (χ0) is 44.9. The van der Waals surface area contributed by atoms with Crippen LogP contribution in [0.5, 0.6) is 0 Å². The van der Waals surface area contributed by atoms with E-state index in [4.69, 9.17) is 19.3 Å². The van der Waals surface area contributed by atoms with E-state index in [1.165, 1.54) is 26.7 Å². The van der Waals surface area contributed by atoms with Crippen molar-refractivity contribution in [2.75, 3.05) is 76.3 Å². The highest BCUT2D eigenvalue weighted by Crippen LogP contribution is 2.74. The Labute approximate surface area is 368 Å². The number of halogens is 2. The molecule has 4 saturated carbocycles. The molecule has 5 heterocycles.